The lowest BCUT2D eigenvalue weighted by Gasteiger charge is -2.24. The number of benzene rings is 1. The molecule has 0 aliphatic heterocycles. The lowest BCUT2D eigenvalue weighted by molar-refractivity contribution is 0.412. The molecule has 0 heterocycles. The van der Waals surface area contributed by atoms with E-state index in [1.807, 2.05) is 13.2 Å². The Kier molecular flexibility index (Phi) is 5.51. The van der Waals surface area contributed by atoms with Gasteiger partial charge in [-0.2, -0.15) is 16.1 Å². The first-order valence-electron chi connectivity index (χ1n) is 5.75. The van der Waals surface area contributed by atoms with E-state index in [2.05, 4.69) is 0 Å². The third-order valence-electron chi connectivity index (χ3n) is 2.91. The van der Waals surface area contributed by atoms with Gasteiger partial charge >= 0.3 is 0 Å². The number of hydrogen-bond donors (Lipinski definition) is 1. The fourth-order valence-electron chi connectivity index (χ4n) is 1.62. The number of nitrogen functional groups attached to an aromatic ring is 1. The van der Waals surface area contributed by atoms with Crippen molar-refractivity contribution in [2.75, 3.05) is 31.9 Å². The number of rotatable bonds is 6. The average molecular weight is 304 g/mol. The maximum Gasteiger partial charge on any atom is 0.243 e. The van der Waals surface area contributed by atoms with Gasteiger partial charge in [0.05, 0.1) is 17.7 Å². The highest BCUT2D eigenvalue weighted by Crippen LogP contribution is 2.26. The third kappa shape index (κ3) is 3.55. The summed E-state index contributed by atoms with van der Waals surface area (Å²) in [5.41, 5.74) is 6.07. The molecule has 1 aromatic rings. The quantitative estimate of drug-likeness (QED) is 0.809. The normalized spacial score (nSPS) is 13.5. The van der Waals surface area contributed by atoms with Crippen molar-refractivity contribution in [1.29, 1.82) is 0 Å². The highest BCUT2D eigenvalue weighted by atomic mass is 32.2. The van der Waals surface area contributed by atoms with Crippen LogP contribution in [0.3, 0.4) is 0 Å². The van der Waals surface area contributed by atoms with Crippen molar-refractivity contribution in [2.24, 2.45) is 0 Å². The molecule has 0 bridgehead atoms. The van der Waals surface area contributed by atoms with Crippen molar-refractivity contribution >= 4 is 27.5 Å². The number of nitrogens with zero attached hydrogens (tertiary/aromatic N) is 1. The molecule has 0 aliphatic rings. The molecule has 5 nitrogen and oxygen atoms in total. The van der Waals surface area contributed by atoms with Crippen molar-refractivity contribution in [2.45, 2.75) is 17.9 Å². The largest absolute Gasteiger partial charge is 0.495 e. The lowest BCUT2D eigenvalue weighted by atomic mass is 10.3. The van der Waals surface area contributed by atoms with Gasteiger partial charge in [0.25, 0.3) is 0 Å². The first-order valence-corrected chi connectivity index (χ1v) is 8.58. The van der Waals surface area contributed by atoms with E-state index in [-0.39, 0.29) is 10.9 Å². The molecule has 2 N–H and O–H groups in total. The highest BCUT2D eigenvalue weighted by Gasteiger charge is 2.25. The van der Waals surface area contributed by atoms with Crippen molar-refractivity contribution in [3.8, 4) is 5.75 Å². The summed E-state index contributed by atoms with van der Waals surface area (Å²) < 4.78 is 31.2. The molecule has 0 saturated heterocycles. The van der Waals surface area contributed by atoms with Gasteiger partial charge in [0, 0.05) is 18.8 Å². The summed E-state index contributed by atoms with van der Waals surface area (Å²) in [6.45, 7) is 1.88. The van der Waals surface area contributed by atoms with Gasteiger partial charge in [0.15, 0.2) is 0 Å². The van der Waals surface area contributed by atoms with Gasteiger partial charge in [-0.15, -0.1) is 0 Å². The van der Waals surface area contributed by atoms with Crippen LogP contribution in [0, 0.1) is 0 Å². The van der Waals surface area contributed by atoms with Crippen molar-refractivity contribution in [3.63, 3.8) is 0 Å². The summed E-state index contributed by atoms with van der Waals surface area (Å²) >= 11 is 1.61. The summed E-state index contributed by atoms with van der Waals surface area (Å²) in [7, 11) is -0.451. The van der Waals surface area contributed by atoms with E-state index in [4.69, 9.17) is 10.5 Å². The van der Waals surface area contributed by atoms with Crippen LogP contribution in [0.5, 0.6) is 5.75 Å². The molecule has 1 unspecified atom stereocenters. The van der Waals surface area contributed by atoms with E-state index in [0.29, 0.717) is 11.4 Å². The molecule has 0 spiro atoms. The second kappa shape index (κ2) is 6.49. The van der Waals surface area contributed by atoms with Gasteiger partial charge in [-0.1, -0.05) is 0 Å². The molecule has 0 aliphatic carbocycles. The fourth-order valence-corrected chi connectivity index (χ4v) is 3.82. The summed E-state index contributed by atoms with van der Waals surface area (Å²) in [4.78, 5) is 0.182. The molecule has 19 heavy (non-hydrogen) atoms. The number of methoxy groups -OCH3 is 1. The first-order chi connectivity index (χ1) is 8.84. The minimum absolute atomic E-state index is 0.0803. The molecule has 0 aromatic heterocycles. The van der Waals surface area contributed by atoms with Gasteiger partial charge in [0.2, 0.25) is 10.0 Å². The van der Waals surface area contributed by atoms with E-state index < -0.39 is 10.0 Å². The van der Waals surface area contributed by atoms with Gasteiger partial charge in [-0.25, -0.2) is 8.42 Å². The van der Waals surface area contributed by atoms with Crippen LogP contribution in [-0.4, -0.2) is 44.9 Å². The van der Waals surface area contributed by atoms with Gasteiger partial charge in [-0.3, -0.25) is 0 Å². The van der Waals surface area contributed by atoms with Crippen LogP contribution in [0.4, 0.5) is 5.69 Å². The zero-order valence-corrected chi connectivity index (χ0v) is 13.2. The van der Waals surface area contributed by atoms with Gasteiger partial charge in [-0.05, 0) is 31.4 Å². The van der Waals surface area contributed by atoms with E-state index >= 15 is 0 Å². The maximum absolute atomic E-state index is 12.4. The van der Waals surface area contributed by atoms with Crippen molar-refractivity contribution in [1.82, 2.24) is 4.31 Å². The second-order valence-corrected chi connectivity index (χ2v) is 7.14. The number of sulfonamides is 1. The van der Waals surface area contributed by atoms with E-state index in [1.54, 1.807) is 24.9 Å². The number of hydrogen-bond acceptors (Lipinski definition) is 5. The Bertz CT molecular complexity index is 532. The standard InChI is InChI=1S/C12H20N2O3S2/c1-9(8-18-4)14(2)19(15,16)10-5-6-12(17-3)11(13)7-10/h5-7,9H,8,13H2,1-4H3. The number of ether oxygens (including phenoxy) is 1. The minimum Gasteiger partial charge on any atom is -0.495 e. The molecule has 1 atom stereocenters. The van der Waals surface area contributed by atoms with Crippen molar-refractivity contribution in [3.05, 3.63) is 18.2 Å². The van der Waals surface area contributed by atoms with Crippen LogP contribution in [0.15, 0.2) is 23.1 Å². The Hall–Kier alpha value is -0.920. The van der Waals surface area contributed by atoms with Crippen LogP contribution in [0.25, 0.3) is 0 Å². The Morgan fingerprint density at radius 1 is 1.47 bits per heavy atom. The third-order valence-corrected chi connectivity index (χ3v) is 5.69. The monoisotopic (exact) mass is 304 g/mol. The maximum atomic E-state index is 12.4. The van der Waals surface area contributed by atoms with Crippen LogP contribution in [0.1, 0.15) is 6.92 Å². The summed E-state index contributed by atoms with van der Waals surface area (Å²) in [5.74, 6) is 1.21. The van der Waals surface area contributed by atoms with Crippen LogP contribution in [-0.2, 0) is 10.0 Å². The Balaban J connectivity index is 3.10. The summed E-state index contributed by atoms with van der Waals surface area (Å²) in [6, 6.07) is 4.42. The van der Waals surface area contributed by atoms with Crippen LogP contribution in [0.2, 0.25) is 0 Å². The molecular weight excluding hydrogens is 284 g/mol. The van der Waals surface area contributed by atoms with Gasteiger partial charge in [0.1, 0.15) is 5.75 Å². The molecular formula is C12H20N2O3S2. The predicted molar refractivity (Wildman–Crippen MR) is 80.2 cm³/mol. The first kappa shape index (κ1) is 16.1. The molecule has 0 amide bonds. The van der Waals surface area contributed by atoms with E-state index in [0.717, 1.165) is 5.75 Å². The van der Waals surface area contributed by atoms with Crippen LogP contribution >= 0.6 is 11.8 Å². The molecule has 7 heteroatoms. The smallest absolute Gasteiger partial charge is 0.243 e. The lowest BCUT2D eigenvalue weighted by Crippen LogP contribution is -2.36. The molecule has 1 rings (SSSR count). The van der Waals surface area contributed by atoms with Gasteiger partial charge < -0.3 is 10.5 Å². The molecule has 0 fully saturated rings. The predicted octanol–water partition coefficient (Wildman–Crippen LogP) is 1.65. The molecule has 108 valence electrons. The number of anilines is 1. The topological polar surface area (TPSA) is 72.6 Å². The SMILES string of the molecule is COc1ccc(S(=O)(=O)N(C)C(C)CSC)cc1N. The summed E-state index contributed by atoms with van der Waals surface area (Å²) in [6.07, 6.45) is 1.95. The zero-order chi connectivity index (χ0) is 14.6. The van der Waals surface area contributed by atoms with E-state index in [1.165, 1.54) is 23.5 Å². The Morgan fingerprint density at radius 2 is 2.11 bits per heavy atom. The molecule has 0 radical (unpaired) electrons. The molecule has 1 aromatic carbocycles. The van der Waals surface area contributed by atoms with E-state index in [9.17, 15) is 8.42 Å². The highest BCUT2D eigenvalue weighted by molar-refractivity contribution is 7.98. The number of nitrogens with two attached hydrogens (primary N) is 1. The summed E-state index contributed by atoms with van der Waals surface area (Å²) in [5, 5.41) is 0. The van der Waals surface area contributed by atoms with Crippen molar-refractivity contribution < 1.29 is 13.2 Å². The van der Waals surface area contributed by atoms with Crippen LogP contribution < -0.4 is 10.5 Å². The Morgan fingerprint density at radius 3 is 2.58 bits per heavy atom. The number of thioether (sulfide) groups is 1. The minimum atomic E-state index is -3.52. The average Bonchev–Trinajstić information content (AvgIpc) is 2.37. The second-order valence-electron chi connectivity index (χ2n) is 4.23. The molecule has 0 saturated carbocycles. The fraction of sp³-hybridized carbons (Fsp3) is 0.500. The Labute approximate surface area is 119 Å². The zero-order valence-electron chi connectivity index (χ0n) is 11.6.